The molecule has 0 fully saturated rings. The van der Waals surface area contributed by atoms with Gasteiger partial charge in [0, 0.05) is 24.1 Å². The van der Waals surface area contributed by atoms with Gasteiger partial charge < -0.3 is 25.9 Å². The molecule has 0 radical (unpaired) electrons. The third kappa shape index (κ3) is 4.18. The second-order valence-corrected chi connectivity index (χ2v) is 3.82. The number of fused-ring (bicyclic) bond motifs is 1. The van der Waals surface area contributed by atoms with Crippen molar-refractivity contribution in [3.05, 3.63) is 30.0 Å². The average molecular weight is 265 g/mol. The fourth-order valence-electron chi connectivity index (χ4n) is 1.65. The van der Waals surface area contributed by atoms with Gasteiger partial charge in [-0.1, -0.05) is 0 Å². The summed E-state index contributed by atoms with van der Waals surface area (Å²) in [5.74, 6) is 0.885. The smallest absolute Gasteiger partial charge is 0.404 e. The molecule has 1 amide bonds. The lowest BCUT2D eigenvalue weighted by atomic mass is 10.1. The lowest BCUT2D eigenvalue weighted by molar-refractivity contribution is 0.197. The molecule has 6 heteroatoms. The Labute approximate surface area is 111 Å². The van der Waals surface area contributed by atoms with Crippen molar-refractivity contribution in [2.45, 2.75) is 6.42 Å². The number of ether oxygens (including phenoxy) is 1. The average Bonchev–Trinajstić information content (AvgIpc) is 2.82. The number of hydrogen-bond acceptors (Lipinski definition) is 3. The molecule has 2 rings (SSSR count). The zero-order chi connectivity index (χ0) is 14.3. The van der Waals surface area contributed by atoms with Gasteiger partial charge in [0.15, 0.2) is 0 Å². The molecule has 6 nitrogen and oxygen atoms in total. The lowest BCUT2D eigenvalue weighted by Crippen LogP contribution is -2.13. The molecule has 104 valence electrons. The van der Waals surface area contributed by atoms with E-state index in [1.807, 2.05) is 29.7 Å². The van der Waals surface area contributed by atoms with Crippen LogP contribution in [0.25, 0.3) is 10.9 Å². The van der Waals surface area contributed by atoms with Crippen LogP contribution in [0.4, 0.5) is 4.79 Å². The van der Waals surface area contributed by atoms with Crippen LogP contribution in [0, 0.1) is 0 Å². The lowest BCUT2D eigenvalue weighted by Gasteiger charge is -2.00. The first-order valence-corrected chi connectivity index (χ1v) is 5.87. The molecule has 0 spiro atoms. The van der Waals surface area contributed by atoms with Gasteiger partial charge in [0.05, 0.1) is 7.11 Å². The van der Waals surface area contributed by atoms with Gasteiger partial charge in [-0.2, -0.15) is 0 Å². The van der Waals surface area contributed by atoms with E-state index in [1.165, 1.54) is 18.0 Å². The van der Waals surface area contributed by atoms with E-state index in [-0.39, 0.29) is 0 Å². The first-order chi connectivity index (χ1) is 9.12. The highest BCUT2D eigenvalue weighted by molar-refractivity contribution is 5.84. The molecule has 1 aromatic heterocycles. The summed E-state index contributed by atoms with van der Waals surface area (Å²) < 4.78 is 5.18. The van der Waals surface area contributed by atoms with Gasteiger partial charge in [-0.3, -0.25) is 0 Å². The van der Waals surface area contributed by atoms with Gasteiger partial charge in [-0.05, 0) is 36.7 Å². The van der Waals surface area contributed by atoms with Crippen molar-refractivity contribution in [3.63, 3.8) is 0 Å². The number of nitrogens with two attached hydrogens (primary N) is 1. The Morgan fingerprint density at radius 3 is 2.74 bits per heavy atom. The molecule has 1 heterocycles. The Bertz CT molecular complexity index is 537. The summed E-state index contributed by atoms with van der Waals surface area (Å²) in [7, 11) is 3.03. The zero-order valence-electron chi connectivity index (χ0n) is 11.1. The Balaban J connectivity index is 0.000000312. The van der Waals surface area contributed by atoms with Crippen LogP contribution in [-0.2, 0) is 6.42 Å². The second-order valence-electron chi connectivity index (χ2n) is 3.82. The summed E-state index contributed by atoms with van der Waals surface area (Å²) in [6.45, 7) is 0.671. The van der Waals surface area contributed by atoms with Crippen molar-refractivity contribution in [3.8, 4) is 5.75 Å². The van der Waals surface area contributed by atoms with Gasteiger partial charge in [-0.15, -0.1) is 0 Å². The van der Waals surface area contributed by atoms with Gasteiger partial charge in [0.2, 0.25) is 0 Å². The molecule has 0 unspecified atom stereocenters. The number of carbonyl (C=O) groups is 1. The van der Waals surface area contributed by atoms with Crippen molar-refractivity contribution in [1.82, 2.24) is 10.3 Å². The van der Waals surface area contributed by atoms with E-state index in [0.29, 0.717) is 6.54 Å². The van der Waals surface area contributed by atoms with Crippen molar-refractivity contribution in [1.29, 1.82) is 0 Å². The monoisotopic (exact) mass is 265 g/mol. The number of carboxylic acid groups (broad SMARTS) is 1. The molecule has 1 aromatic carbocycles. The third-order valence-corrected chi connectivity index (χ3v) is 2.60. The van der Waals surface area contributed by atoms with E-state index < -0.39 is 6.09 Å². The van der Waals surface area contributed by atoms with Gasteiger partial charge in [0.1, 0.15) is 5.75 Å². The Kier molecular flexibility index (Phi) is 5.69. The molecule has 0 aliphatic heterocycles. The summed E-state index contributed by atoms with van der Waals surface area (Å²) in [6, 6.07) is 6.01. The molecular formula is C13H19N3O3. The van der Waals surface area contributed by atoms with Gasteiger partial charge in [0.25, 0.3) is 0 Å². The summed E-state index contributed by atoms with van der Waals surface area (Å²) in [5.41, 5.74) is 7.92. The summed E-state index contributed by atoms with van der Waals surface area (Å²) in [6.07, 6.45) is 1.91. The van der Waals surface area contributed by atoms with Gasteiger partial charge in [-0.25, -0.2) is 4.79 Å². The fraction of sp³-hybridized carbons (Fsp3) is 0.308. The molecule has 0 atom stereocenters. The highest BCUT2D eigenvalue weighted by Gasteiger charge is 2.03. The highest BCUT2D eigenvalue weighted by Crippen LogP contribution is 2.23. The quantitative estimate of drug-likeness (QED) is 0.676. The van der Waals surface area contributed by atoms with Crippen LogP contribution < -0.4 is 15.8 Å². The zero-order valence-corrected chi connectivity index (χ0v) is 11.1. The van der Waals surface area contributed by atoms with E-state index in [0.717, 1.165) is 17.7 Å². The number of methoxy groups -OCH3 is 1. The van der Waals surface area contributed by atoms with E-state index in [2.05, 4.69) is 4.98 Å². The number of amides is 1. The largest absolute Gasteiger partial charge is 0.497 e. The van der Waals surface area contributed by atoms with Gasteiger partial charge >= 0.3 is 6.09 Å². The maximum atomic E-state index is 9.26. The van der Waals surface area contributed by atoms with Crippen LogP contribution in [0.3, 0.4) is 0 Å². The maximum Gasteiger partial charge on any atom is 0.404 e. The second kappa shape index (κ2) is 7.27. The maximum absolute atomic E-state index is 9.26. The predicted octanol–water partition coefficient (Wildman–Crippen LogP) is 1.56. The number of hydrogen-bond donors (Lipinski definition) is 4. The van der Waals surface area contributed by atoms with Crippen molar-refractivity contribution < 1.29 is 14.6 Å². The summed E-state index contributed by atoms with van der Waals surface area (Å²) >= 11 is 0. The number of aromatic amines is 1. The van der Waals surface area contributed by atoms with Crippen molar-refractivity contribution in [2.75, 3.05) is 20.7 Å². The Morgan fingerprint density at radius 2 is 2.21 bits per heavy atom. The molecule has 2 aromatic rings. The molecule has 5 N–H and O–H groups in total. The minimum atomic E-state index is -0.995. The molecule has 0 saturated carbocycles. The SMILES string of the molecule is CNC(=O)O.COc1ccc2[nH]cc(CCN)c2c1. The number of benzene rings is 1. The molecule has 0 saturated heterocycles. The fourth-order valence-corrected chi connectivity index (χ4v) is 1.65. The first-order valence-electron chi connectivity index (χ1n) is 5.87. The topological polar surface area (TPSA) is 100 Å². The van der Waals surface area contributed by atoms with Crippen LogP contribution in [-0.4, -0.2) is 36.9 Å². The first kappa shape index (κ1) is 14.8. The van der Waals surface area contributed by atoms with Crippen LogP contribution in [0.1, 0.15) is 5.56 Å². The van der Waals surface area contributed by atoms with Crippen LogP contribution >= 0.6 is 0 Å². The summed E-state index contributed by atoms with van der Waals surface area (Å²) in [4.78, 5) is 12.5. The number of nitrogens with one attached hydrogen (secondary N) is 2. The standard InChI is InChI=1S/C11H14N2O.C2H5NO2/c1-14-9-2-3-11-10(6-9)8(4-5-12)7-13-11;1-3-2(4)5/h2-3,6-7,13H,4-5,12H2,1H3;3H,1H3,(H,4,5). The molecule has 0 aliphatic rings. The van der Waals surface area contributed by atoms with Crippen molar-refractivity contribution in [2.24, 2.45) is 5.73 Å². The number of rotatable bonds is 3. The van der Waals surface area contributed by atoms with E-state index in [1.54, 1.807) is 7.11 Å². The van der Waals surface area contributed by atoms with Crippen LogP contribution in [0.2, 0.25) is 0 Å². The van der Waals surface area contributed by atoms with Crippen molar-refractivity contribution >= 4 is 17.0 Å². The molecule has 19 heavy (non-hydrogen) atoms. The molecule has 0 aliphatic carbocycles. The summed E-state index contributed by atoms with van der Waals surface area (Å²) in [5, 5.41) is 10.8. The Hall–Kier alpha value is -2.21. The van der Waals surface area contributed by atoms with Crippen LogP contribution in [0.5, 0.6) is 5.75 Å². The predicted molar refractivity (Wildman–Crippen MR) is 74.7 cm³/mol. The van der Waals surface area contributed by atoms with E-state index in [4.69, 9.17) is 15.6 Å². The van der Waals surface area contributed by atoms with E-state index in [9.17, 15) is 4.79 Å². The minimum absolute atomic E-state index is 0.671. The molecular weight excluding hydrogens is 246 g/mol. The molecule has 0 bridgehead atoms. The number of H-pyrrole nitrogens is 1. The van der Waals surface area contributed by atoms with E-state index >= 15 is 0 Å². The number of aromatic nitrogens is 1. The third-order valence-electron chi connectivity index (χ3n) is 2.60. The highest BCUT2D eigenvalue weighted by atomic mass is 16.5. The normalized spacial score (nSPS) is 9.63. The minimum Gasteiger partial charge on any atom is -0.497 e. The Morgan fingerprint density at radius 1 is 1.53 bits per heavy atom. The van der Waals surface area contributed by atoms with Crippen LogP contribution in [0.15, 0.2) is 24.4 Å².